The second kappa shape index (κ2) is 7.38. The summed E-state index contributed by atoms with van der Waals surface area (Å²) in [4.78, 5) is 26.1. The van der Waals surface area contributed by atoms with Crippen LogP contribution >= 0.6 is 0 Å². The zero-order valence-corrected chi connectivity index (χ0v) is 13.1. The number of hydrogen-bond acceptors (Lipinski definition) is 2. The van der Waals surface area contributed by atoms with E-state index < -0.39 is 0 Å². The topological polar surface area (TPSA) is 49.4 Å². The molecule has 4 nitrogen and oxygen atoms in total. The molecular weight excluding hydrogens is 283 g/mol. The fourth-order valence-corrected chi connectivity index (χ4v) is 2.58. The van der Waals surface area contributed by atoms with Gasteiger partial charge in [-0.15, -0.1) is 0 Å². The summed E-state index contributed by atoms with van der Waals surface area (Å²) in [6.45, 7) is 5.16. The maximum Gasteiger partial charge on any atom is 0.253 e. The second-order valence-electron chi connectivity index (χ2n) is 5.89. The van der Waals surface area contributed by atoms with Crippen molar-refractivity contribution >= 4 is 11.8 Å². The lowest BCUT2D eigenvalue weighted by molar-refractivity contribution is -0.126. The van der Waals surface area contributed by atoms with E-state index in [1.165, 1.54) is 24.3 Å². The number of nitrogens with zero attached hydrogens (tertiary/aromatic N) is 1. The third kappa shape index (κ3) is 4.06. The van der Waals surface area contributed by atoms with Crippen molar-refractivity contribution in [2.45, 2.75) is 39.2 Å². The molecule has 1 aliphatic rings. The molecule has 0 aromatic heterocycles. The summed E-state index contributed by atoms with van der Waals surface area (Å²) in [6, 6.07) is 5.77. The van der Waals surface area contributed by atoms with E-state index in [-0.39, 0.29) is 29.6 Å². The minimum atomic E-state index is -0.350. The fraction of sp³-hybridized carbons (Fsp3) is 0.529. The lowest BCUT2D eigenvalue weighted by Gasteiger charge is -2.32. The quantitative estimate of drug-likeness (QED) is 0.929. The summed E-state index contributed by atoms with van der Waals surface area (Å²) < 4.78 is 12.9. The molecule has 1 aliphatic heterocycles. The molecule has 1 atom stereocenters. The summed E-state index contributed by atoms with van der Waals surface area (Å²) in [5.74, 6) is -0.382. The molecule has 1 heterocycles. The number of rotatable bonds is 4. The van der Waals surface area contributed by atoms with Crippen LogP contribution < -0.4 is 5.32 Å². The normalized spacial score (nSPS) is 17.1. The zero-order chi connectivity index (χ0) is 16.1. The molecule has 1 unspecified atom stereocenters. The second-order valence-corrected chi connectivity index (χ2v) is 5.89. The van der Waals surface area contributed by atoms with Crippen LogP contribution in [0.1, 0.15) is 43.5 Å². The number of carbonyl (C=O) groups excluding carboxylic acids is 2. The molecule has 1 saturated heterocycles. The average Bonchev–Trinajstić information content (AvgIpc) is 2.55. The predicted octanol–water partition coefficient (Wildman–Crippen LogP) is 2.59. The molecule has 120 valence electrons. The first-order valence-corrected chi connectivity index (χ1v) is 7.86. The molecule has 1 N–H and O–H groups in total. The van der Waals surface area contributed by atoms with E-state index in [0.29, 0.717) is 31.5 Å². The van der Waals surface area contributed by atoms with Crippen LogP contribution in [0, 0.1) is 11.7 Å². The van der Waals surface area contributed by atoms with Gasteiger partial charge >= 0.3 is 0 Å². The van der Waals surface area contributed by atoms with Crippen LogP contribution in [0.25, 0.3) is 0 Å². The van der Waals surface area contributed by atoms with Crippen LogP contribution in [-0.4, -0.2) is 35.8 Å². The lowest BCUT2D eigenvalue weighted by Crippen LogP contribution is -2.44. The molecule has 0 aliphatic carbocycles. The number of piperidine rings is 1. The van der Waals surface area contributed by atoms with Gasteiger partial charge in [-0.05, 0) is 50.5 Å². The summed E-state index contributed by atoms with van der Waals surface area (Å²) in [6.07, 6.45) is 2.26. The zero-order valence-electron chi connectivity index (χ0n) is 13.1. The first-order valence-electron chi connectivity index (χ1n) is 7.86. The van der Waals surface area contributed by atoms with Crippen molar-refractivity contribution in [1.29, 1.82) is 0 Å². The highest BCUT2D eigenvalue weighted by atomic mass is 19.1. The van der Waals surface area contributed by atoms with E-state index in [9.17, 15) is 14.0 Å². The van der Waals surface area contributed by atoms with Crippen molar-refractivity contribution in [3.05, 3.63) is 35.6 Å². The first kappa shape index (κ1) is 16.5. The number of carbonyl (C=O) groups is 2. The molecule has 22 heavy (non-hydrogen) atoms. The standard InChI is InChI=1S/C17H23FN2O2/c1-3-12(2)19-16(21)13-8-10-20(11-9-13)17(22)14-4-6-15(18)7-5-14/h4-7,12-13H,3,8-11H2,1-2H3,(H,19,21). The average molecular weight is 306 g/mol. The van der Waals surface area contributed by atoms with Crippen molar-refractivity contribution in [3.63, 3.8) is 0 Å². The summed E-state index contributed by atoms with van der Waals surface area (Å²) in [7, 11) is 0. The molecular formula is C17H23FN2O2. The Morgan fingerprint density at radius 2 is 1.86 bits per heavy atom. The van der Waals surface area contributed by atoms with E-state index in [0.717, 1.165) is 6.42 Å². The Kier molecular flexibility index (Phi) is 5.52. The highest BCUT2D eigenvalue weighted by molar-refractivity contribution is 5.94. The van der Waals surface area contributed by atoms with Crippen molar-refractivity contribution in [2.24, 2.45) is 5.92 Å². The van der Waals surface area contributed by atoms with Crippen molar-refractivity contribution in [2.75, 3.05) is 13.1 Å². The van der Waals surface area contributed by atoms with Crippen LogP contribution in [-0.2, 0) is 4.79 Å². The van der Waals surface area contributed by atoms with Gasteiger partial charge in [0.05, 0.1) is 0 Å². The van der Waals surface area contributed by atoms with Gasteiger partial charge in [0.1, 0.15) is 5.82 Å². The van der Waals surface area contributed by atoms with Crippen LogP contribution in [0.5, 0.6) is 0 Å². The highest BCUT2D eigenvalue weighted by Crippen LogP contribution is 2.19. The maximum atomic E-state index is 12.9. The molecule has 0 radical (unpaired) electrons. The van der Waals surface area contributed by atoms with Crippen LogP contribution in [0.2, 0.25) is 0 Å². The fourth-order valence-electron chi connectivity index (χ4n) is 2.58. The van der Waals surface area contributed by atoms with Crippen molar-refractivity contribution in [1.82, 2.24) is 10.2 Å². The van der Waals surface area contributed by atoms with Gasteiger partial charge < -0.3 is 10.2 Å². The third-order valence-corrected chi connectivity index (χ3v) is 4.25. The SMILES string of the molecule is CCC(C)NC(=O)C1CCN(C(=O)c2ccc(F)cc2)CC1. The largest absolute Gasteiger partial charge is 0.353 e. The van der Waals surface area contributed by atoms with Gasteiger partial charge in [-0.2, -0.15) is 0 Å². The van der Waals surface area contributed by atoms with E-state index in [4.69, 9.17) is 0 Å². The first-order chi connectivity index (χ1) is 10.5. The Morgan fingerprint density at radius 1 is 1.27 bits per heavy atom. The number of amides is 2. The number of benzene rings is 1. The molecule has 0 spiro atoms. The van der Waals surface area contributed by atoms with Crippen molar-refractivity contribution in [3.8, 4) is 0 Å². The summed E-state index contributed by atoms with van der Waals surface area (Å²) >= 11 is 0. The Morgan fingerprint density at radius 3 is 2.41 bits per heavy atom. The molecule has 2 amide bonds. The molecule has 1 aromatic rings. The van der Waals surface area contributed by atoms with Gasteiger partial charge in [0.15, 0.2) is 0 Å². The monoisotopic (exact) mass is 306 g/mol. The Bertz CT molecular complexity index is 522. The van der Waals surface area contributed by atoms with E-state index >= 15 is 0 Å². The van der Waals surface area contributed by atoms with E-state index in [1.54, 1.807) is 4.90 Å². The molecule has 2 rings (SSSR count). The highest BCUT2D eigenvalue weighted by Gasteiger charge is 2.28. The minimum absolute atomic E-state index is 0.0220. The Hall–Kier alpha value is -1.91. The lowest BCUT2D eigenvalue weighted by atomic mass is 9.95. The van der Waals surface area contributed by atoms with Crippen molar-refractivity contribution < 1.29 is 14.0 Å². The van der Waals surface area contributed by atoms with Gasteiger partial charge in [-0.25, -0.2) is 4.39 Å². The minimum Gasteiger partial charge on any atom is -0.353 e. The van der Waals surface area contributed by atoms with Gasteiger partial charge in [0.2, 0.25) is 5.91 Å². The van der Waals surface area contributed by atoms with E-state index in [2.05, 4.69) is 5.32 Å². The van der Waals surface area contributed by atoms with Gasteiger partial charge in [-0.3, -0.25) is 9.59 Å². The number of nitrogens with one attached hydrogen (secondary N) is 1. The molecule has 1 fully saturated rings. The smallest absolute Gasteiger partial charge is 0.253 e. The van der Waals surface area contributed by atoms with Gasteiger partial charge in [-0.1, -0.05) is 6.92 Å². The predicted molar refractivity (Wildman–Crippen MR) is 82.9 cm³/mol. The molecule has 5 heteroatoms. The Labute approximate surface area is 130 Å². The van der Waals surface area contributed by atoms with Crippen LogP contribution in [0.15, 0.2) is 24.3 Å². The molecule has 1 aromatic carbocycles. The number of halogens is 1. The molecule has 0 saturated carbocycles. The molecule has 0 bridgehead atoms. The van der Waals surface area contributed by atoms with Gasteiger partial charge in [0, 0.05) is 30.6 Å². The van der Waals surface area contributed by atoms with E-state index in [1.807, 2.05) is 13.8 Å². The summed E-state index contributed by atoms with van der Waals surface area (Å²) in [5, 5.41) is 3.00. The number of hydrogen-bond donors (Lipinski definition) is 1. The maximum absolute atomic E-state index is 12.9. The Balaban J connectivity index is 1.87. The summed E-state index contributed by atoms with van der Waals surface area (Å²) in [5.41, 5.74) is 0.490. The third-order valence-electron chi connectivity index (χ3n) is 4.25. The van der Waals surface area contributed by atoms with Gasteiger partial charge in [0.25, 0.3) is 5.91 Å². The van der Waals surface area contributed by atoms with Crippen LogP contribution in [0.3, 0.4) is 0 Å². The van der Waals surface area contributed by atoms with Crippen LogP contribution in [0.4, 0.5) is 4.39 Å². The number of likely N-dealkylation sites (tertiary alicyclic amines) is 1.